The summed E-state index contributed by atoms with van der Waals surface area (Å²) in [4.78, 5) is 4.69. The molecule has 2 nitrogen and oxygen atoms in total. The summed E-state index contributed by atoms with van der Waals surface area (Å²) in [6.45, 7) is 7.67. The number of unbranched alkanes of at least 4 members (excludes halogenated alkanes) is 7. The van der Waals surface area contributed by atoms with Crippen LogP contribution < -0.4 is 4.74 Å². The molecule has 0 radical (unpaired) electrons. The lowest BCUT2D eigenvalue weighted by Gasteiger charge is -2.09. The second-order valence-corrected chi connectivity index (χ2v) is 8.81. The molecule has 166 valence electrons. The molecular formula is C28H43NO. The molecule has 30 heavy (non-hydrogen) atoms. The van der Waals surface area contributed by atoms with Gasteiger partial charge in [0, 0.05) is 11.8 Å². The number of aromatic nitrogens is 1. The SMILES string of the molecule is CCCCCCCCCc1ccc(-c2ccc(OCCCCC(C)CC)cc2)nc1. The zero-order valence-electron chi connectivity index (χ0n) is 19.7. The molecule has 1 atom stereocenters. The van der Waals surface area contributed by atoms with Crippen LogP contribution in [0.5, 0.6) is 5.75 Å². The maximum atomic E-state index is 5.90. The van der Waals surface area contributed by atoms with Gasteiger partial charge in [-0.3, -0.25) is 4.98 Å². The van der Waals surface area contributed by atoms with Gasteiger partial charge in [-0.05, 0) is 67.5 Å². The molecule has 2 heteroatoms. The molecule has 1 aromatic heterocycles. The summed E-state index contributed by atoms with van der Waals surface area (Å²) in [6.07, 6.45) is 17.6. The fraction of sp³-hybridized carbons (Fsp3) is 0.607. The van der Waals surface area contributed by atoms with E-state index in [-0.39, 0.29) is 0 Å². The van der Waals surface area contributed by atoms with Gasteiger partial charge in [0.15, 0.2) is 0 Å². The zero-order valence-corrected chi connectivity index (χ0v) is 19.7. The molecule has 1 heterocycles. The monoisotopic (exact) mass is 409 g/mol. The van der Waals surface area contributed by atoms with Gasteiger partial charge < -0.3 is 4.74 Å². The number of nitrogens with zero attached hydrogens (tertiary/aromatic N) is 1. The summed E-state index contributed by atoms with van der Waals surface area (Å²) in [5.74, 6) is 1.79. The smallest absolute Gasteiger partial charge is 0.119 e. The lowest BCUT2D eigenvalue weighted by atomic mass is 10.0. The number of aryl methyl sites for hydroxylation is 1. The van der Waals surface area contributed by atoms with Crippen LogP contribution in [-0.2, 0) is 6.42 Å². The third-order valence-electron chi connectivity index (χ3n) is 6.10. The molecule has 0 saturated carbocycles. The van der Waals surface area contributed by atoms with Crippen LogP contribution in [0.3, 0.4) is 0 Å². The fourth-order valence-electron chi connectivity index (χ4n) is 3.74. The van der Waals surface area contributed by atoms with Crippen LogP contribution in [0.1, 0.15) is 97.0 Å². The van der Waals surface area contributed by atoms with Gasteiger partial charge in [0.25, 0.3) is 0 Å². The molecule has 0 saturated heterocycles. The largest absolute Gasteiger partial charge is 0.494 e. The first kappa shape index (κ1) is 24.4. The molecule has 1 unspecified atom stereocenters. The molecule has 0 fully saturated rings. The predicted octanol–water partition coefficient (Wildman–Crippen LogP) is 8.64. The number of ether oxygens (including phenoxy) is 1. The van der Waals surface area contributed by atoms with Crippen molar-refractivity contribution >= 4 is 0 Å². The van der Waals surface area contributed by atoms with E-state index in [1.807, 2.05) is 6.20 Å². The highest BCUT2D eigenvalue weighted by Gasteiger charge is 2.03. The highest BCUT2D eigenvalue weighted by molar-refractivity contribution is 5.60. The molecule has 0 aliphatic carbocycles. The Morgan fingerprint density at radius 1 is 0.800 bits per heavy atom. The highest BCUT2D eigenvalue weighted by Crippen LogP contribution is 2.22. The fourth-order valence-corrected chi connectivity index (χ4v) is 3.74. The van der Waals surface area contributed by atoms with Crippen molar-refractivity contribution in [2.24, 2.45) is 5.92 Å². The summed E-state index contributed by atoms with van der Waals surface area (Å²) >= 11 is 0. The van der Waals surface area contributed by atoms with Crippen molar-refractivity contribution in [3.63, 3.8) is 0 Å². The molecule has 0 spiro atoms. The second-order valence-electron chi connectivity index (χ2n) is 8.81. The van der Waals surface area contributed by atoms with Gasteiger partial charge in [-0.25, -0.2) is 0 Å². The van der Waals surface area contributed by atoms with Gasteiger partial charge in [-0.15, -0.1) is 0 Å². The summed E-state index contributed by atoms with van der Waals surface area (Å²) in [5.41, 5.74) is 3.55. The predicted molar refractivity (Wildman–Crippen MR) is 130 cm³/mol. The number of hydrogen-bond donors (Lipinski definition) is 0. The van der Waals surface area contributed by atoms with Crippen LogP contribution in [0.25, 0.3) is 11.3 Å². The van der Waals surface area contributed by atoms with E-state index < -0.39 is 0 Å². The van der Waals surface area contributed by atoms with Crippen molar-refractivity contribution in [2.45, 2.75) is 97.8 Å². The molecular weight excluding hydrogens is 366 g/mol. The van der Waals surface area contributed by atoms with Gasteiger partial charge >= 0.3 is 0 Å². The molecule has 2 aromatic rings. The van der Waals surface area contributed by atoms with Crippen molar-refractivity contribution in [3.8, 4) is 17.0 Å². The van der Waals surface area contributed by atoms with Crippen LogP contribution in [0, 0.1) is 5.92 Å². The van der Waals surface area contributed by atoms with Crippen LogP contribution in [0.2, 0.25) is 0 Å². The van der Waals surface area contributed by atoms with Crippen LogP contribution in [0.15, 0.2) is 42.6 Å². The Morgan fingerprint density at radius 3 is 2.20 bits per heavy atom. The zero-order chi connectivity index (χ0) is 21.4. The average Bonchev–Trinajstić information content (AvgIpc) is 2.79. The van der Waals surface area contributed by atoms with E-state index in [1.165, 1.54) is 69.8 Å². The Hall–Kier alpha value is -1.83. The quantitative estimate of drug-likeness (QED) is 0.259. The number of pyridine rings is 1. The maximum absolute atomic E-state index is 5.90. The Kier molecular flexibility index (Phi) is 12.3. The van der Waals surface area contributed by atoms with E-state index in [4.69, 9.17) is 4.74 Å². The Bertz CT molecular complexity index is 662. The van der Waals surface area contributed by atoms with E-state index in [2.05, 4.69) is 62.2 Å². The van der Waals surface area contributed by atoms with E-state index in [0.29, 0.717) is 0 Å². The minimum atomic E-state index is 0.807. The number of benzene rings is 1. The summed E-state index contributed by atoms with van der Waals surface area (Å²) in [7, 11) is 0. The third kappa shape index (κ3) is 9.78. The lowest BCUT2D eigenvalue weighted by Crippen LogP contribution is -1.99. The minimum Gasteiger partial charge on any atom is -0.494 e. The van der Waals surface area contributed by atoms with Gasteiger partial charge in [0.1, 0.15) is 5.75 Å². The van der Waals surface area contributed by atoms with Crippen LogP contribution >= 0.6 is 0 Å². The molecule has 0 aliphatic heterocycles. The van der Waals surface area contributed by atoms with Crippen molar-refractivity contribution in [3.05, 3.63) is 48.2 Å². The molecule has 0 amide bonds. The van der Waals surface area contributed by atoms with E-state index in [1.54, 1.807) is 0 Å². The number of hydrogen-bond acceptors (Lipinski definition) is 2. The number of rotatable bonds is 16. The lowest BCUT2D eigenvalue weighted by molar-refractivity contribution is 0.300. The highest BCUT2D eigenvalue weighted by atomic mass is 16.5. The van der Waals surface area contributed by atoms with Gasteiger partial charge in [-0.1, -0.05) is 78.2 Å². The molecule has 1 aromatic carbocycles. The molecule has 0 bridgehead atoms. The maximum Gasteiger partial charge on any atom is 0.119 e. The van der Waals surface area contributed by atoms with E-state index in [0.717, 1.165) is 42.4 Å². The third-order valence-corrected chi connectivity index (χ3v) is 6.10. The summed E-state index contributed by atoms with van der Waals surface area (Å²) < 4.78 is 5.90. The first-order chi connectivity index (χ1) is 14.7. The molecule has 2 rings (SSSR count). The topological polar surface area (TPSA) is 22.1 Å². The van der Waals surface area contributed by atoms with Gasteiger partial charge in [-0.2, -0.15) is 0 Å². The van der Waals surface area contributed by atoms with Crippen LogP contribution in [0.4, 0.5) is 0 Å². The van der Waals surface area contributed by atoms with E-state index in [9.17, 15) is 0 Å². The average molecular weight is 410 g/mol. The van der Waals surface area contributed by atoms with Crippen molar-refractivity contribution in [2.75, 3.05) is 6.61 Å². The second kappa shape index (κ2) is 15.0. The Labute approximate surface area is 185 Å². The minimum absolute atomic E-state index is 0.807. The Balaban J connectivity index is 1.68. The normalized spacial score (nSPS) is 12.1. The van der Waals surface area contributed by atoms with Gasteiger partial charge in [0.05, 0.1) is 12.3 Å². The summed E-state index contributed by atoms with van der Waals surface area (Å²) in [6, 6.07) is 12.8. The standard InChI is InChI=1S/C28H43NO/c1-4-6-7-8-9-10-11-15-25-16-21-28(29-23-25)26-17-19-27(20-18-26)30-22-13-12-14-24(3)5-2/h16-21,23-24H,4-15,22H2,1-3H3. The first-order valence-electron chi connectivity index (χ1n) is 12.4. The van der Waals surface area contributed by atoms with Crippen LogP contribution in [-0.4, -0.2) is 11.6 Å². The Morgan fingerprint density at radius 2 is 1.53 bits per heavy atom. The van der Waals surface area contributed by atoms with E-state index >= 15 is 0 Å². The van der Waals surface area contributed by atoms with Crippen molar-refractivity contribution in [1.29, 1.82) is 0 Å². The molecule has 0 N–H and O–H groups in total. The van der Waals surface area contributed by atoms with Gasteiger partial charge in [0.2, 0.25) is 0 Å². The summed E-state index contributed by atoms with van der Waals surface area (Å²) in [5, 5.41) is 0. The van der Waals surface area contributed by atoms with Crippen molar-refractivity contribution < 1.29 is 4.74 Å². The molecule has 0 aliphatic rings. The first-order valence-corrected chi connectivity index (χ1v) is 12.4. The van der Waals surface area contributed by atoms with Crippen molar-refractivity contribution in [1.82, 2.24) is 4.98 Å².